The molecule has 0 spiro atoms. The van der Waals surface area contributed by atoms with Gasteiger partial charge in [-0.1, -0.05) is 35.1 Å². The number of carbonyl (C=O) groups is 10. The number of carbonyl (C=O) groups excluding carboxylic acids is 10. The number of rotatable bonds is 44. The smallest absolute Gasteiger partial charge is 0.332 e. The van der Waals surface area contributed by atoms with Crippen molar-refractivity contribution in [2.45, 2.75) is 289 Å². The highest BCUT2D eigenvalue weighted by molar-refractivity contribution is 7.99. The van der Waals surface area contributed by atoms with Gasteiger partial charge in [0.15, 0.2) is 0 Å². The summed E-state index contributed by atoms with van der Waals surface area (Å²) in [5.74, 6) is -8.88. The lowest BCUT2D eigenvalue weighted by atomic mass is 9.80. The second kappa shape index (κ2) is 51.9. The molecule has 24 atom stereocenters. The summed E-state index contributed by atoms with van der Waals surface area (Å²) < 4.78 is 65.3. The van der Waals surface area contributed by atoms with E-state index in [9.17, 15) is 99.0 Å². The van der Waals surface area contributed by atoms with Crippen LogP contribution in [0, 0.1) is 35.5 Å². The van der Waals surface area contributed by atoms with Crippen molar-refractivity contribution in [3.8, 4) is 0 Å². The van der Waals surface area contributed by atoms with Crippen molar-refractivity contribution in [3.63, 3.8) is 0 Å². The van der Waals surface area contributed by atoms with Crippen LogP contribution in [0.4, 0.5) is 0 Å². The number of aliphatic hydroxyl groups excluding tert-OH is 10. The molecular formula is C71H126N2O32S4. The standard InChI is InChI=1S/2C18H32O9S.2C17H29NO7S.CH4/c2*1-10(2)26-18(25-9-20)6-14(22)12(5-13(21)11(3)8-28-4)17(27-18)16(24)15(23)7-19;2*1-10(2)24-17(23-9-19)7-14(22)16(18-12(4)20)15(25-17)6-13(21)11(3)8-26-5;/h2*9-12,14-17,19,22-24H,5-8H2,1-4H3;2*9-11,14-16,22H,6-8H2,1-5H3,(H,18,20);1H4. The Labute approximate surface area is 657 Å². The number of aliphatic hydroxyl groups is 10. The van der Waals surface area contributed by atoms with Crippen LogP contribution >= 0.6 is 47.0 Å². The van der Waals surface area contributed by atoms with Gasteiger partial charge in [-0.15, -0.1) is 0 Å². The minimum Gasteiger partial charge on any atom is -0.410 e. The van der Waals surface area contributed by atoms with E-state index in [1.807, 2.05) is 38.9 Å². The van der Waals surface area contributed by atoms with E-state index in [2.05, 4.69) is 10.6 Å². The molecule has 4 aliphatic rings. The van der Waals surface area contributed by atoms with Crippen molar-refractivity contribution < 1.29 is 156 Å². The van der Waals surface area contributed by atoms with E-state index in [1.165, 1.54) is 37.4 Å². The molecular weight excluding hydrogens is 1520 g/mol. The van der Waals surface area contributed by atoms with Gasteiger partial charge in [-0.3, -0.25) is 47.9 Å². The Morgan fingerprint density at radius 2 is 0.642 bits per heavy atom. The predicted octanol–water partition coefficient (Wildman–Crippen LogP) is 1.69. The van der Waals surface area contributed by atoms with E-state index in [0.29, 0.717) is 23.0 Å². The highest BCUT2D eigenvalue weighted by atomic mass is 32.2. The molecule has 2 amide bonds. The Bertz CT molecular complexity index is 2540. The molecule has 4 aliphatic heterocycles. The van der Waals surface area contributed by atoms with E-state index in [-0.39, 0.29) is 156 Å². The molecule has 4 saturated heterocycles. The van der Waals surface area contributed by atoms with Gasteiger partial charge in [-0.05, 0) is 80.4 Å². The maximum absolute atomic E-state index is 12.5. The third kappa shape index (κ3) is 35.0. The summed E-state index contributed by atoms with van der Waals surface area (Å²) in [4.78, 5) is 117. The third-order valence-electron chi connectivity index (χ3n) is 17.3. The van der Waals surface area contributed by atoms with Crippen molar-refractivity contribution >= 4 is 108 Å². The molecule has 636 valence electrons. The highest BCUT2D eigenvalue weighted by Crippen LogP contribution is 2.43. The molecule has 24 unspecified atom stereocenters. The van der Waals surface area contributed by atoms with Gasteiger partial charge in [0.05, 0.1) is 124 Å². The molecule has 34 nitrogen and oxygen atoms in total. The molecule has 0 aliphatic carbocycles. The molecule has 12 N–H and O–H groups in total. The molecule has 0 aromatic heterocycles. The van der Waals surface area contributed by atoms with Gasteiger partial charge in [0.1, 0.15) is 47.5 Å². The Morgan fingerprint density at radius 1 is 0.413 bits per heavy atom. The van der Waals surface area contributed by atoms with Crippen LogP contribution in [0.5, 0.6) is 0 Å². The van der Waals surface area contributed by atoms with E-state index in [0.717, 1.165) is 0 Å². The summed E-state index contributed by atoms with van der Waals surface area (Å²) in [5.41, 5.74) is 0. The average molecular weight is 1650 g/mol. The minimum atomic E-state index is -1.97. The SMILES string of the molecule is C.CSCC(C)C(=O)CC1C(O)CC(OC=O)(OC(C)C)OC1C(O)C(O)CO.CSCC(C)C(=O)CC1C(O)CC(OC=O)(OC(C)C)OC1C(O)C(O)CO.CSCC(C)C(=O)CC1OC(OC=O)(OC(C)C)CC(O)C1NC(C)=O.CSCC(C)C(=O)CC1OC(OC=O)(OC(C)C)CC(O)C1NC(C)=O. The summed E-state index contributed by atoms with van der Waals surface area (Å²) in [6.45, 7) is 22.4. The Balaban J connectivity index is 0.00000142. The van der Waals surface area contributed by atoms with Gasteiger partial charge in [0.2, 0.25) is 11.8 Å². The molecule has 0 bridgehead atoms. The van der Waals surface area contributed by atoms with Gasteiger partial charge in [-0.25, -0.2) is 0 Å². The van der Waals surface area contributed by atoms with Gasteiger partial charge >= 0.3 is 23.9 Å². The largest absolute Gasteiger partial charge is 0.410 e. The molecule has 4 rings (SSSR count). The van der Waals surface area contributed by atoms with E-state index < -0.39 is 146 Å². The zero-order valence-electron chi connectivity index (χ0n) is 65.2. The van der Waals surface area contributed by atoms with Gasteiger partial charge in [0, 0.05) is 98.0 Å². The molecule has 109 heavy (non-hydrogen) atoms. The van der Waals surface area contributed by atoms with Crippen LogP contribution in [-0.4, -0.2) is 307 Å². The first-order valence-corrected chi connectivity index (χ1v) is 41.2. The number of thioether (sulfide) groups is 4. The number of ketones is 4. The molecule has 0 radical (unpaired) electrons. The van der Waals surface area contributed by atoms with Gasteiger partial charge in [-0.2, -0.15) is 47.0 Å². The Hall–Kier alpha value is -3.82. The quantitative estimate of drug-likeness (QED) is 0.0235. The van der Waals surface area contributed by atoms with E-state index >= 15 is 0 Å². The first-order valence-electron chi connectivity index (χ1n) is 35.6. The molecule has 0 aromatic rings. The summed E-state index contributed by atoms with van der Waals surface area (Å²) >= 11 is 6.13. The maximum atomic E-state index is 12.5. The summed E-state index contributed by atoms with van der Waals surface area (Å²) in [6.07, 6.45) is -10.8. The lowest BCUT2D eigenvalue weighted by Gasteiger charge is -2.47. The normalized spacial score (nSPS) is 30.3. The van der Waals surface area contributed by atoms with Gasteiger partial charge < -0.3 is 119 Å². The number of hydrogen-bond acceptors (Lipinski definition) is 36. The molecule has 0 saturated carbocycles. The highest BCUT2D eigenvalue weighted by Gasteiger charge is 2.57. The van der Waals surface area contributed by atoms with Crippen molar-refractivity contribution in [3.05, 3.63) is 0 Å². The number of Topliss-reactive ketones (excluding diaryl/α,β-unsaturated/α-hetero) is 4. The van der Waals surface area contributed by atoms with Crippen LogP contribution in [-0.2, 0) is 105 Å². The molecule has 4 heterocycles. The van der Waals surface area contributed by atoms with Crippen LogP contribution in [0.3, 0.4) is 0 Å². The fraction of sp³-hybridized carbons (Fsp3) is 0.859. The average Bonchev–Trinajstić information content (AvgIpc) is 0.791. The zero-order valence-corrected chi connectivity index (χ0v) is 68.4. The zero-order chi connectivity index (χ0) is 82.8. The van der Waals surface area contributed by atoms with Crippen molar-refractivity contribution in [1.82, 2.24) is 10.6 Å². The second-order valence-corrected chi connectivity index (χ2v) is 31.8. The van der Waals surface area contributed by atoms with Crippen molar-refractivity contribution in [2.75, 3.05) is 61.2 Å². The van der Waals surface area contributed by atoms with E-state index in [1.54, 1.807) is 92.8 Å². The van der Waals surface area contributed by atoms with Crippen LogP contribution in [0.25, 0.3) is 0 Å². The number of hydrogen-bond donors (Lipinski definition) is 12. The first-order chi connectivity index (χ1) is 50.5. The van der Waals surface area contributed by atoms with E-state index in [4.69, 9.17) is 56.8 Å². The third-order valence-corrected chi connectivity index (χ3v) is 20.6. The van der Waals surface area contributed by atoms with Crippen LogP contribution in [0.15, 0.2) is 0 Å². The van der Waals surface area contributed by atoms with Crippen LogP contribution in [0.1, 0.15) is 156 Å². The number of nitrogens with one attached hydrogen (secondary N) is 2. The summed E-state index contributed by atoms with van der Waals surface area (Å²) in [5, 5.41) is 107. The summed E-state index contributed by atoms with van der Waals surface area (Å²) in [6, 6.07) is -1.62. The monoisotopic (exact) mass is 1650 g/mol. The fourth-order valence-corrected chi connectivity index (χ4v) is 15.1. The Morgan fingerprint density at radius 3 is 0.853 bits per heavy atom. The predicted molar refractivity (Wildman–Crippen MR) is 402 cm³/mol. The second-order valence-electron chi connectivity index (χ2n) is 28.2. The molecule has 4 fully saturated rings. The molecule has 0 aromatic carbocycles. The minimum absolute atomic E-state index is 0. The maximum Gasteiger partial charge on any atom is 0.332 e. The van der Waals surface area contributed by atoms with Crippen molar-refractivity contribution in [2.24, 2.45) is 35.5 Å². The van der Waals surface area contributed by atoms with Gasteiger partial charge in [0.25, 0.3) is 25.9 Å². The molecule has 38 heteroatoms. The fourth-order valence-electron chi connectivity index (χ4n) is 12.4. The van der Waals surface area contributed by atoms with Crippen molar-refractivity contribution in [1.29, 1.82) is 0 Å². The topological polar surface area (TPSA) is 508 Å². The van der Waals surface area contributed by atoms with Crippen LogP contribution < -0.4 is 10.6 Å². The van der Waals surface area contributed by atoms with Crippen LogP contribution in [0.2, 0.25) is 0 Å². The lowest BCUT2D eigenvalue weighted by molar-refractivity contribution is -0.423. The lowest BCUT2D eigenvalue weighted by Crippen LogP contribution is -2.63. The first kappa shape index (κ1) is 105. The number of ether oxygens (including phenoxy) is 12. The summed E-state index contributed by atoms with van der Waals surface area (Å²) in [7, 11) is 0. The number of amides is 2. The Kier molecular flexibility index (Phi) is 50.1.